The molecule has 0 radical (unpaired) electrons. The summed E-state index contributed by atoms with van der Waals surface area (Å²) >= 11 is 5.10. The Morgan fingerprint density at radius 1 is 1.39 bits per heavy atom. The first-order valence-corrected chi connectivity index (χ1v) is 7.54. The molecule has 0 fully saturated rings. The highest BCUT2D eigenvalue weighted by Crippen LogP contribution is 2.25. The van der Waals surface area contributed by atoms with E-state index in [2.05, 4.69) is 62.9 Å². The summed E-state index contributed by atoms with van der Waals surface area (Å²) in [4.78, 5) is 4.54. The van der Waals surface area contributed by atoms with Gasteiger partial charge in [-0.05, 0) is 37.2 Å². The molecule has 96 valence electrons. The Morgan fingerprint density at radius 2 is 2.22 bits per heavy atom. The van der Waals surface area contributed by atoms with Gasteiger partial charge in [0.25, 0.3) is 0 Å². The molecule has 0 bridgehead atoms. The van der Waals surface area contributed by atoms with Gasteiger partial charge in [0.1, 0.15) is 0 Å². The Bertz CT molecular complexity index is 525. The average Bonchev–Trinajstić information content (AvgIpc) is 2.78. The Labute approximate surface area is 120 Å². The minimum absolute atomic E-state index is 0.827. The number of hydrogen-bond acceptors (Lipinski definition) is 4. The maximum absolute atomic E-state index is 4.54. The molecule has 3 nitrogen and oxygen atoms in total. The van der Waals surface area contributed by atoms with Crippen LogP contribution in [0.2, 0.25) is 0 Å². The van der Waals surface area contributed by atoms with Gasteiger partial charge >= 0.3 is 0 Å². The zero-order valence-electron chi connectivity index (χ0n) is 10.5. The van der Waals surface area contributed by atoms with Gasteiger partial charge in [0, 0.05) is 22.1 Å². The second-order valence-electron chi connectivity index (χ2n) is 4.01. The van der Waals surface area contributed by atoms with Gasteiger partial charge in [0.2, 0.25) is 0 Å². The zero-order valence-corrected chi connectivity index (χ0v) is 12.9. The summed E-state index contributed by atoms with van der Waals surface area (Å²) in [5.41, 5.74) is 3.38. The van der Waals surface area contributed by atoms with Crippen molar-refractivity contribution in [3.05, 3.63) is 39.3 Å². The van der Waals surface area contributed by atoms with Crippen molar-refractivity contribution in [3.8, 4) is 0 Å². The van der Waals surface area contributed by atoms with E-state index in [-0.39, 0.29) is 0 Å². The van der Waals surface area contributed by atoms with Crippen LogP contribution in [-0.2, 0) is 6.54 Å². The van der Waals surface area contributed by atoms with E-state index in [1.54, 1.807) is 11.3 Å². The van der Waals surface area contributed by atoms with Crippen LogP contribution >= 0.6 is 27.3 Å². The van der Waals surface area contributed by atoms with E-state index in [0.717, 1.165) is 34.1 Å². The first kappa shape index (κ1) is 13.5. The normalized spacial score (nSPS) is 10.6. The fourth-order valence-corrected chi connectivity index (χ4v) is 2.78. The van der Waals surface area contributed by atoms with Crippen LogP contribution in [-0.4, -0.2) is 11.5 Å². The maximum Gasteiger partial charge on any atom is 0.187 e. The van der Waals surface area contributed by atoms with Crippen LogP contribution in [0.3, 0.4) is 0 Å². The summed E-state index contributed by atoms with van der Waals surface area (Å²) in [5.74, 6) is 0. The van der Waals surface area contributed by atoms with E-state index in [9.17, 15) is 0 Å². The molecule has 2 aromatic rings. The van der Waals surface area contributed by atoms with E-state index in [1.165, 1.54) is 5.56 Å². The van der Waals surface area contributed by atoms with Crippen molar-refractivity contribution in [2.75, 3.05) is 11.9 Å². The molecule has 0 aliphatic heterocycles. The predicted octanol–water partition coefficient (Wildman–Crippen LogP) is 4.07. The largest absolute Gasteiger partial charge is 0.331 e. The molecule has 1 aromatic heterocycles. The van der Waals surface area contributed by atoms with Crippen LogP contribution in [0.15, 0.2) is 28.1 Å². The Morgan fingerprint density at radius 3 is 2.94 bits per heavy atom. The second-order valence-corrected chi connectivity index (χ2v) is 5.78. The van der Waals surface area contributed by atoms with Crippen molar-refractivity contribution in [2.45, 2.75) is 20.4 Å². The molecule has 0 aliphatic carbocycles. The van der Waals surface area contributed by atoms with Crippen molar-refractivity contribution in [1.82, 2.24) is 10.3 Å². The summed E-state index contributed by atoms with van der Waals surface area (Å²) in [6.07, 6.45) is 0. The monoisotopic (exact) mass is 325 g/mol. The van der Waals surface area contributed by atoms with Crippen molar-refractivity contribution in [1.29, 1.82) is 0 Å². The summed E-state index contributed by atoms with van der Waals surface area (Å²) in [5, 5.41) is 9.65. The summed E-state index contributed by atoms with van der Waals surface area (Å²) in [6.45, 7) is 5.97. The third-order valence-corrected chi connectivity index (χ3v) is 3.84. The molecule has 18 heavy (non-hydrogen) atoms. The molecule has 0 spiro atoms. The molecule has 0 saturated carbocycles. The molecule has 0 atom stereocenters. The SMILES string of the molecule is CCNCc1csc(Nc2ccc(Br)cc2C)n1. The number of hydrogen-bond donors (Lipinski definition) is 2. The standard InChI is InChI=1S/C13H16BrN3S/c1-3-15-7-11-8-18-13(16-11)17-12-5-4-10(14)6-9(12)2/h4-6,8,15H,3,7H2,1-2H3,(H,16,17). The minimum Gasteiger partial charge on any atom is -0.331 e. The highest BCUT2D eigenvalue weighted by atomic mass is 79.9. The lowest BCUT2D eigenvalue weighted by Gasteiger charge is -2.06. The Kier molecular flexibility index (Phi) is 4.74. The van der Waals surface area contributed by atoms with Gasteiger partial charge in [-0.2, -0.15) is 0 Å². The number of benzene rings is 1. The number of rotatable bonds is 5. The van der Waals surface area contributed by atoms with Crippen LogP contribution < -0.4 is 10.6 Å². The Balaban J connectivity index is 2.06. The molecule has 0 unspecified atom stereocenters. The molecule has 2 N–H and O–H groups in total. The Hall–Kier alpha value is -0.910. The first-order chi connectivity index (χ1) is 8.69. The molecule has 5 heteroatoms. The van der Waals surface area contributed by atoms with E-state index in [1.807, 2.05) is 6.07 Å². The summed E-state index contributed by atoms with van der Waals surface area (Å²) in [6, 6.07) is 6.18. The van der Waals surface area contributed by atoms with E-state index in [4.69, 9.17) is 0 Å². The molecule has 2 rings (SSSR count). The topological polar surface area (TPSA) is 37.0 Å². The third kappa shape index (κ3) is 3.54. The lowest BCUT2D eigenvalue weighted by molar-refractivity contribution is 0.715. The van der Waals surface area contributed by atoms with Crippen molar-refractivity contribution >= 4 is 38.1 Å². The van der Waals surface area contributed by atoms with Crippen LogP contribution in [0.1, 0.15) is 18.2 Å². The van der Waals surface area contributed by atoms with Gasteiger partial charge in [0.15, 0.2) is 5.13 Å². The molecule has 0 saturated heterocycles. The number of thiazole rings is 1. The number of nitrogens with one attached hydrogen (secondary N) is 2. The van der Waals surface area contributed by atoms with Crippen molar-refractivity contribution in [2.24, 2.45) is 0 Å². The maximum atomic E-state index is 4.54. The van der Waals surface area contributed by atoms with Gasteiger partial charge < -0.3 is 10.6 Å². The molecule has 0 aliphatic rings. The fourth-order valence-electron chi connectivity index (χ4n) is 1.58. The molecular formula is C13H16BrN3S. The first-order valence-electron chi connectivity index (χ1n) is 5.87. The van der Waals surface area contributed by atoms with E-state index < -0.39 is 0 Å². The third-order valence-electron chi connectivity index (χ3n) is 2.54. The average molecular weight is 326 g/mol. The zero-order chi connectivity index (χ0) is 13.0. The number of nitrogens with zero attached hydrogens (tertiary/aromatic N) is 1. The highest BCUT2D eigenvalue weighted by molar-refractivity contribution is 9.10. The van der Waals surface area contributed by atoms with E-state index in [0.29, 0.717) is 0 Å². The number of aromatic nitrogens is 1. The molecular weight excluding hydrogens is 310 g/mol. The van der Waals surface area contributed by atoms with Crippen molar-refractivity contribution in [3.63, 3.8) is 0 Å². The summed E-state index contributed by atoms with van der Waals surface area (Å²) in [7, 11) is 0. The number of halogens is 1. The van der Waals surface area contributed by atoms with Crippen LogP contribution in [0.4, 0.5) is 10.8 Å². The lowest BCUT2D eigenvalue weighted by Crippen LogP contribution is -2.11. The fraction of sp³-hybridized carbons (Fsp3) is 0.308. The van der Waals surface area contributed by atoms with Gasteiger partial charge in [-0.25, -0.2) is 4.98 Å². The van der Waals surface area contributed by atoms with E-state index >= 15 is 0 Å². The lowest BCUT2D eigenvalue weighted by atomic mass is 10.2. The number of anilines is 2. The van der Waals surface area contributed by atoms with Gasteiger partial charge in [0.05, 0.1) is 5.69 Å². The quantitative estimate of drug-likeness (QED) is 0.870. The molecule has 0 amide bonds. The molecule has 1 heterocycles. The smallest absolute Gasteiger partial charge is 0.187 e. The van der Waals surface area contributed by atoms with Crippen LogP contribution in [0.25, 0.3) is 0 Å². The predicted molar refractivity (Wildman–Crippen MR) is 81.7 cm³/mol. The highest BCUT2D eigenvalue weighted by Gasteiger charge is 2.04. The van der Waals surface area contributed by atoms with Gasteiger partial charge in [-0.1, -0.05) is 22.9 Å². The summed E-state index contributed by atoms with van der Waals surface area (Å²) < 4.78 is 1.09. The van der Waals surface area contributed by atoms with Crippen molar-refractivity contribution < 1.29 is 0 Å². The molecule has 1 aromatic carbocycles. The number of aryl methyl sites for hydroxylation is 1. The second kappa shape index (κ2) is 6.31. The van der Waals surface area contributed by atoms with Gasteiger partial charge in [-0.15, -0.1) is 11.3 Å². The van der Waals surface area contributed by atoms with Crippen LogP contribution in [0.5, 0.6) is 0 Å². The minimum atomic E-state index is 0.827. The van der Waals surface area contributed by atoms with Gasteiger partial charge in [-0.3, -0.25) is 0 Å². The van der Waals surface area contributed by atoms with Crippen LogP contribution in [0, 0.1) is 6.92 Å².